The molecule has 2 saturated carbocycles. The van der Waals surface area contributed by atoms with E-state index in [4.69, 9.17) is 0 Å². The van der Waals surface area contributed by atoms with Gasteiger partial charge in [0.15, 0.2) is 0 Å². The normalized spacial score (nSPS) is 23.7. The summed E-state index contributed by atoms with van der Waals surface area (Å²) >= 11 is 0. The average molecular weight is 669 g/mol. The molecule has 0 aromatic heterocycles. The Morgan fingerprint density at radius 3 is 2.40 bits per heavy atom. The third kappa shape index (κ3) is 6.07. The third-order valence-electron chi connectivity index (χ3n) is 8.71. The zero-order chi connectivity index (χ0) is 28.7. The summed E-state index contributed by atoms with van der Waals surface area (Å²) in [6.45, 7) is 0.0323. The van der Waals surface area contributed by atoms with E-state index in [9.17, 15) is 28.8 Å². The van der Waals surface area contributed by atoms with Gasteiger partial charge in [0.2, 0.25) is 11.8 Å². The molecule has 2 N–H and O–H groups in total. The van der Waals surface area contributed by atoms with Gasteiger partial charge in [0.05, 0.1) is 23.4 Å². The van der Waals surface area contributed by atoms with Gasteiger partial charge in [0.1, 0.15) is 11.9 Å². The monoisotopic (exact) mass is 670 g/mol. The molecule has 2 aromatic carbocycles. The van der Waals surface area contributed by atoms with Crippen molar-refractivity contribution in [2.75, 3.05) is 11.9 Å². The molecule has 6 rings (SSSR count). The van der Waals surface area contributed by atoms with Crippen molar-refractivity contribution < 1.29 is 50.9 Å². The fraction of sp³-hybridized carbons (Fsp3) is 0.452. The summed E-state index contributed by atoms with van der Waals surface area (Å²) in [5.41, 5.74) is 0.635. The minimum absolute atomic E-state index is 0. The number of nitrogens with one attached hydrogen (secondary N) is 2. The van der Waals surface area contributed by atoms with Crippen molar-refractivity contribution >= 4 is 29.3 Å². The maximum Gasteiger partial charge on any atom is 0.251 e. The first kappa shape index (κ1) is 30.1. The van der Waals surface area contributed by atoms with Gasteiger partial charge in [-0.15, -0.1) is 0 Å². The van der Waals surface area contributed by atoms with Gasteiger partial charge in [-0.3, -0.25) is 14.4 Å². The molecule has 2 aromatic rings. The number of carbonyl (C=O) groups is 4. The molecule has 4 atom stereocenters. The standard InChI is InChI=1S/C31H32FN5O4.Cd/c32-21-11-9-20(10-12-21)27(38)34-25(13-18-5-6-18)28(39)35-26(14-19-7-8-19)29(40)37-17-31(15-22(37)16-33)23-3-1-2-4-24(23)36-30(31)41;/h1-4,9-12,18-19,22,25-26H,5-8,13-15,17H2,(H3,34,35,36,38,39,41);/p-1/t22-,25-,26-,31-;/m0./s1. The molecule has 2 aliphatic heterocycles. The molecule has 2 heterocycles. The van der Waals surface area contributed by atoms with E-state index in [0.717, 1.165) is 31.2 Å². The number of nitriles is 1. The number of benzene rings is 2. The van der Waals surface area contributed by atoms with Crippen molar-refractivity contribution in [3.05, 3.63) is 70.8 Å². The number of likely N-dealkylation sites (tertiary alicyclic amines) is 1. The predicted molar refractivity (Wildman–Crippen MR) is 147 cm³/mol. The van der Waals surface area contributed by atoms with Crippen molar-refractivity contribution in [2.24, 2.45) is 11.8 Å². The van der Waals surface area contributed by atoms with E-state index in [1.54, 1.807) is 6.07 Å². The van der Waals surface area contributed by atoms with Gasteiger partial charge in [-0.25, -0.2) is 4.39 Å². The third-order valence-corrected chi connectivity index (χ3v) is 8.71. The first-order valence-electron chi connectivity index (χ1n) is 14.2. The topological polar surface area (TPSA) is 133 Å². The predicted octanol–water partition coefficient (Wildman–Crippen LogP) is 3.81. The second-order valence-corrected chi connectivity index (χ2v) is 11.8. The molecule has 0 bridgehead atoms. The number of amides is 4. The summed E-state index contributed by atoms with van der Waals surface area (Å²) in [5.74, 6) is -1.72. The first-order valence-corrected chi connectivity index (χ1v) is 14.2. The number of halogens is 1. The molecule has 42 heavy (non-hydrogen) atoms. The van der Waals surface area contributed by atoms with Crippen LogP contribution in [0.3, 0.4) is 0 Å². The van der Waals surface area contributed by atoms with E-state index in [1.807, 2.05) is 18.2 Å². The maximum atomic E-state index is 14.0. The molecule has 11 heteroatoms. The fourth-order valence-corrected chi connectivity index (χ4v) is 6.05. The Kier molecular flexibility index (Phi) is 8.69. The van der Waals surface area contributed by atoms with Gasteiger partial charge in [-0.2, -0.15) is 5.26 Å². The molecule has 0 radical (unpaired) electrons. The average Bonchev–Trinajstić information content (AvgIpc) is 3.90. The van der Waals surface area contributed by atoms with E-state index >= 15 is 0 Å². The minimum Gasteiger partial charge on any atom is -0.641 e. The molecule has 4 aliphatic rings. The summed E-state index contributed by atoms with van der Waals surface area (Å²) in [6, 6.07) is 11.8. The summed E-state index contributed by atoms with van der Waals surface area (Å²) in [5, 5.41) is 20.0. The summed E-state index contributed by atoms with van der Waals surface area (Å²) in [6.07, 6.45) is 4.71. The Labute approximate surface area is 263 Å². The van der Waals surface area contributed by atoms with Crippen LogP contribution in [0.15, 0.2) is 48.5 Å². The molecule has 1 saturated heterocycles. The molecule has 9 nitrogen and oxygen atoms in total. The Hall–Kier alpha value is -3.34. The Balaban J connectivity index is 0.00000353. The molecule has 3 fully saturated rings. The number of anilines is 1. The number of para-hydroxylation sites is 1. The first-order chi connectivity index (χ1) is 19.8. The van der Waals surface area contributed by atoms with Crippen molar-refractivity contribution in [3.63, 3.8) is 0 Å². The number of hydrogen-bond acceptors (Lipinski definition) is 5. The van der Waals surface area contributed by atoms with Gasteiger partial charge in [0.25, 0.3) is 5.91 Å². The summed E-state index contributed by atoms with van der Waals surface area (Å²) in [4.78, 5) is 55.0. The SMILES string of the molecule is N#C[C@@H]1C[C@@]2(CN1C(=O)[C@H](CC1CC1)[N-]C(=O)[C@H](CC1CC1)NC(=O)c1ccc(F)cc1)C(=O)Nc1ccccc12.[Cd]. The number of rotatable bonds is 9. The Morgan fingerprint density at radius 1 is 1.07 bits per heavy atom. The van der Waals surface area contributed by atoms with Gasteiger partial charge in [-0.1, -0.05) is 50.3 Å². The van der Waals surface area contributed by atoms with E-state index in [1.165, 1.54) is 29.2 Å². The van der Waals surface area contributed by atoms with Gasteiger partial charge in [-0.05, 0) is 60.2 Å². The number of hydrogen-bond donors (Lipinski definition) is 2. The second kappa shape index (κ2) is 12.1. The zero-order valence-electron chi connectivity index (χ0n) is 23.2. The van der Waals surface area contributed by atoms with E-state index in [-0.39, 0.29) is 63.6 Å². The fourth-order valence-electron chi connectivity index (χ4n) is 6.05. The van der Waals surface area contributed by atoms with Crippen LogP contribution < -0.4 is 10.6 Å². The zero-order valence-corrected chi connectivity index (χ0v) is 27.3. The largest absolute Gasteiger partial charge is 0.641 e. The number of fused-ring (bicyclic) bond motifs is 2. The number of nitrogens with zero attached hydrogens (tertiary/aromatic N) is 3. The number of carbonyl (C=O) groups excluding carboxylic acids is 4. The van der Waals surface area contributed by atoms with Crippen LogP contribution in [0.5, 0.6) is 0 Å². The summed E-state index contributed by atoms with van der Waals surface area (Å²) in [7, 11) is 0. The molecule has 214 valence electrons. The smallest absolute Gasteiger partial charge is 0.251 e. The minimum atomic E-state index is -1.03. The summed E-state index contributed by atoms with van der Waals surface area (Å²) < 4.78 is 13.3. The van der Waals surface area contributed by atoms with Crippen LogP contribution in [0.4, 0.5) is 10.1 Å². The van der Waals surface area contributed by atoms with E-state index in [2.05, 4.69) is 22.0 Å². The van der Waals surface area contributed by atoms with Gasteiger partial charge >= 0.3 is 0 Å². The molecule has 2 aliphatic carbocycles. The second-order valence-electron chi connectivity index (χ2n) is 11.8. The van der Waals surface area contributed by atoms with Crippen molar-refractivity contribution in [1.82, 2.24) is 10.2 Å². The van der Waals surface area contributed by atoms with Gasteiger partial charge in [0, 0.05) is 51.5 Å². The maximum absolute atomic E-state index is 14.0. The van der Waals surface area contributed by atoms with Crippen LogP contribution in [0.2, 0.25) is 0 Å². The molecular formula is C31H31CdFN5O4-. The van der Waals surface area contributed by atoms with Crippen LogP contribution in [0, 0.1) is 29.0 Å². The van der Waals surface area contributed by atoms with Crippen LogP contribution in [0.25, 0.3) is 5.32 Å². The van der Waals surface area contributed by atoms with Crippen molar-refractivity contribution in [1.29, 1.82) is 5.26 Å². The van der Waals surface area contributed by atoms with Crippen LogP contribution >= 0.6 is 0 Å². The molecule has 4 amide bonds. The van der Waals surface area contributed by atoms with Gasteiger partial charge < -0.3 is 25.6 Å². The quantitative estimate of drug-likeness (QED) is 0.392. The molecular weight excluding hydrogens is 638 g/mol. The Bertz CT molecular complexity index is 1440. The molecule has 1 spiro atoms. The molecule has 0 unspecified atom stereocenters. The van der Waals surface area contributed by atoms with Crippen LogP contribution in [-0.2, 0) is 47.1 Å². The van der Waals surface area contributed by atoms with E-state index < -0.39 is 47.1 Å². The van der Waals surface area contributed by atoms with Crippen molar-refractivity contribution in [2.45, 2.75) is 68.5 Å². The van der Waals surface area contributed by atoms with Crippen molar-refractivity contribution in [3.8, 4) is 6.07 Å². The van der Waals surface area contributed by atoms with Crippen LogP contribution in [-0.4, -0.2) is 53.2 Å². The van der Waals surface area contributed by atoms with Crippen LogP contribution in [0.1, 0.15) is 60.9 Å². The Morgan fingerprint density at radius 2 is 1.74 bits per heavy atom. The van der Waals surface area contributed by atoms with E-state index in [0.29, 0.717) is 18.5 Å².